The summed E-state index contributed by atoms with van der Waals surface area (Å²) in [5.74, 6) is -1.36. The van der Waals surface area contributed by atoms with Crippen molar-refractivity contribution < 1.29 is 22.3 Å². The van der Waals surface area contributed by atoms with Crippen molar-refractivity contribution in [1.29, 1.82) is 0 Å². The molecule has 8 nitrogen and oxygen atoms in total. The number of esters is 1. The molecule has 88 valence electrons. The van der Waals surface area contributed by atoms with Crippen molar-refractivity contribution in [2.45, 2.75) is 12.5 Å². The standard InChI is InChI=1S/C6H12N2O6S/c1-7-5(6(9)14-2)3-4-15(12,13)8(10)11/h5,7H,3-4H2,1-2H3/t5-/m0/s1. The van der Waals surface area contributed by atoms with Crippen LogP contribution in [0.1, 0.15) is 6.42 Å². The number of carbonyl (C=O) groups is 1. The second-order valence-corrected chi connectivity index (χ2v) is 4.53. The number of hydrogen-bond acceptors (Lipinski definition) is 7. The van der Waals surface area contributed by atoms with E-state index in [-0.39, 0.29) is 6.42 Å². The third-order valence-corrected chi connectivity index (χ3v) is 2.93. The van der Waals surface area contributed by atoms with E-state index < -0.39 is 32.1 Å². The number of sulfonamides is 1. The van der Waals surface area contributed by atoms with Gasteiger partial charge in [-0.25, -0.2) is 10.1 Å². The molecule has 0 aromatic rings. The second kappa shape index (κ2) is 5.61. The van der Waals surface area contributed by atoms with E-state index in [1.807, 2.05) is 0 Å². The van der Waals surface area contributed by atoms with Crippen LogP contribution in [0.4, 0.5) is 0 Å². The van der Waals surface area contributed by atoms with Crippen LogP contribution < -0.4 is 5.32 Å². The summed E-state index contributed by atoms with van der Waals surface area (Å²) < 4.78 is 24.6. The lowest BCUT2D eigenvalue weighted by atomic mass is 10.2. The van der Waals surface area contributed by atoms with Gasteiger partial charge in [-0.05, 0) is 13.5 Å². The van der Waals surface area contributed by atoms with Crippen LogP contribution in [0.15, 0.2) is 0 Å². The average molecular weight is 240 g/mol. The molecule has 9 heteroatoms. The number of carbonyl (C=O) groups excluding carboxylic acids is 1. The first-order valence-electron chi connectivity index (χ1n) is 3.97. The van der Waals surface area contributed by atoms with Gasteiger partial charge in [0, 0.05) is 0 Å². The molecule has 0 unspecified atom stereocenters. The van der Waals surface area contributed by atoms with Gasteiger partial charge in [-0.2, -0.15) is 8.42 Å². The maximum atomic E-state index is 11.0. The summed E-state index contributed by atoms with van der Waals surface area (Å²) in [5, 5.41) is 12.5. The Morgan fingerprint density at radius 3 is 2.47 bits per heavy atom. The molecule has 1 N–H and O–H groups in total. The van der Waals surface area contributed by atoms with Crippen LogP contribution in [-0.4, -0.2) is 44.7 Å². The van der Waals surface area contributed by atoms with E-state index in [0.29, 0.717) is 0 Å². The van der Waals surface area contributed by atoms with E-state index in [2.05, 4.69) is 10.1 Å². The Hall–Kier alpha value is -1.22. The molecule has 0 aromatic heterocycles. The summed E-state index contributed by atoms with van der Waals surface area (Å²) in [4.78, 5) is 21.0. The van der Waals surface area contributed by atoms with Crippen molar-refractivity contribution in [2.75, 3.05) is 19.9 Å². The van der Waals surface area contributed by atoms with Crippen LogP contribution in [-0.2, 0) is 19.6 Å². The number of likely N-dealkylation sites (N-methyl/N-ethyl adjacent to an activating group) is 1. The molecule has 0 radical (unpaired) electrons. The molecular weight excluding hydrogens is 228 g/mol. The summed E-state index contributed by atoms with van der Waals surface area (Å²) in [6, 6.07) is -0.857. The van der Waals surface area contributed by atoms with Gasteiger partial charge in [0.2, 0.25) is 0 Å². The highest BCUT2D eigenvalue weighted by atomic mass is 32.2. The summed E-state index contributed by atoms with van der Waals surface area (Å²) in [7, 11) is -1.79. The molecule has 0 heterocycles. The van der Waals surface area contributed by atoms with Gasteiger partial charge in [0.1, 0.15) is 11.8 Å². The van der Waals surface area contributed by atoms with Gasteiger partial charge in [0.25, 0.3) is 0 Å². The van der Waals surface area contributed by atoms with Crippen molar-refractivity contribution in [3.05, 3.63) is 10.1 Å². The fourth-order valence-corrected chi connectivity index (χ4v) is 1.55. The van der Waals surface area contributed by atoms with Crippen molar-refractivity contribution in [3.63, 3.8) is 0 Å². The van der Waals surface area contributed by atoms with Crippen molar-refractivity contribution in [1.82, 2.24) is 5.32 Å². The molecule has 0 aliphatic carbocycles. The average Bonchev–Trinajstić information content (AvgIpc) is 2.17. The zero-order valence-corrected chi connectivity index (χ0v) is 9.11. The topological polar surface area (TPSA) is 116 Å². The molecule has 0 fully saturated rings. The summed E-state index contributed by atoms with van der Waals surface area (Å²) in [6.07, 6.45) is -0.202. The van der Waals surface area contributed by atoms with Gasteiger partial charge >= 0.3 is 16.0 Å². The Labute approximate surface area is 86.8 Å². The van der Waals surface area contributed by atoms with E-state index in [0.717, 1.165) is 7.11 Å². The maximum absolute atomic E-state index is 11.0. The highest BCUT2D eigenvalue weighted by Crippen LogP contribution is 2.00. The highest BCUT2D eigenvalue weighted by molar-refractivity contribution is 7.85. The first kappa shape index (κ1) is 13.8. The number of nitrogens with one attached hydrogen (secondary N) is 1. The first-order valence-corrected chi connectivity index (χ1v) is 5.58. The van der Waals surface area contributed by atoms with Gasteiger partial charge in [-0.15, -0.1) is 0 Å². The van der Waals surface area contributed by atoms with Crippen LogP contribution in [0.3, 0.4) is 0 Å². The van der Waals surface area contributed by atoms with Crippen LogP contribution in [0.25, 0.3) is 0 Å². The minimum absolute atomic E-state index is 0.202. The van der Waals surface area contributed by atoms with Gasteiger partial charge in [0.15, 0.2) is 4.33 Å². The molecule has 0 aliphatic rings. The number of nitrogens with zero attached hydrogens (tertiary/aromatic N) is 1. The monoisotopic (exact) mass is 240 g/mol. The molecule has 0 aliphatic heterocycles. The zero-order chi connectivity index (χ0) is 12.1. The smallest absolute Gasteiger partial charge is 0.417 e. The molecule has 0 aromatic carbocycles. The SMILES string of the molecule is CN[C@@H](CCS(=O)(=O)[N+](=O)[O-])C(=O)OC. The van der Waals surface area contributed by atoms with Gasteiger partial charge < -0.3 is 10.1 Å². The molecule has 1 atom stereocenters. The molecule has 0 rings (SSSR count). The Morgan fingerprint density at radius 2 is 2.13 bits per heavy atom. The first-order chi connectivity index (χ1) is 6.85. The minimum atomic E-state index is -4.37. The maximum Gasteiger partial charge on any atom is 0.417 e. The summed E-state index contributed by atoms with van der Waals surface area (Å²) >= 11 is 0. The predicted octanol–water partition coefficient (Wildman–Crippen LogP) is -1.26. The van der Waals surface area contributed by atoms with Gasteiger partial charge in [-0.3, -0.25) is 4.79 Å². The highest BCUT2D eigenvalue weighted by Gasteiger charge is 2.27. The largest absolute Gasteiger partial charge is 0.468 e. The van der Waals surface area contributed by atoms with E-state index in [4.69, 9.17) is 0 Å². The normalized spacial score (nSPS) is 13.2. The molecule has 0 saturated carbocycles. The Kier molecular flexibility index (Phi) is 5.15. The second-order valence-electron chi connectivity index (χ2n) is 2.66. The molecule has 0 saturated heterocycles. The molecule has 15 heavy (non-hydrogen) atoms. The van der Waals surface area contributed by atoms with Gasteiger partial charge in [-0.1, -0.05) is 0 Å². The third kappa shape index (κ3) is 4.21. The quantitative estimate of drug-likeness (QED) is 0.350. The van der Waals surface area contributed by atoms with Crippen LogP contribution >= 0.6 is 0 Å². The Morgan fingerprint density at radius 1 is 1.60 bits per heavy atom. The number of hydrogen-bond donors (Lipinski definition) is 1. The fourth-order valence-electron chi connectivity index (χ4n) is 0.864. The van der Waals surface area contributed by atoms with E-state index in [1.165, 1.54) is 7.05 Å². The van der Waals surface area contributed by atoms with Crippen molar-refractivity contribution in [3.8, 4) is 0 Å². The van der Waals surface area contributed by atoms with E-state index in [1.54, 1.807) is 0 Å². The number of methoxy groups -OCH3 is 1. The van der Waals surface area contributed by atoms with Crippen molar-refractivity contribution in [2.24, 2.45) is 0 Å². The van der Waals surface area contributed by atoms with Gasteiger partial charge in [0.05, 0.1) is 7.11 Å². The minimum Gasteiger partial charge on any atom is -0.468 e. The molecule has 0 bridgehead atoms. The summed E-state index contributed by atoms with van der Waals surface area (Å²) in [5.41, 5.74) is 0. The lowest BCUT2D eigenvalue weighted by Crippen LogP contribution is -2.37. The third-order valence-electron chi connectivity index (χ3n) is 1.73. The van der Waals surface area contributed by atoms with Crippen LogP contribution in [0.5, 0.6) is 0 Å². The Bertz CT molecular complexity index is 338. The van der Waals surface area contributed by atoms with Crippen LogP contribution in [0.2, 0.25) is 0 Å². The number of rotatable bonds is 6. The zero-order valence-electron chi connectivity index (χ0n) is 8.30. The number of ether oxygens (including phenoxy) is 1. The van der Waals surface area contributed by atoms with E-state index >= 15 is 0 Å². The Balaban J connectivity index is 4.37. The fraction of sp³-hybridized carbons (Fsp3) is 0.833. The molecular formula is C6H12N2O6S. The molecule has 0 spiro atoms. The number of nitro groups is 1. The lowest BCUT2D eigenvalue weighted by Gasteiger charge is -2.11. The predicted molar refractivity (Wildman–Crippen MR) is 50.3 cm³/mol. The van der Waals surface area contributed by atoms with Crippen LogP contribution in [0, 0.1) is 10.1 Å². The summed E-state index contributed by atoms with van der Waals surface area (Å²) in [6.45, 7) is 0. The molecule has 0 amide bonds. The van der Waals surface area contributed by atoms with Crippen molar-refractivity contribution >= 4 is 16.0 Å². The van der Waals surface area contributed by atoms with E-state index in [9.17, 15) is 23.3 Å². The lowest BCUT2D eigenvalue weighted by molar-refractivity contribution is -0.305.